The smallest absolute Gasteiger partial charge is 0.223 e. The molecule has 0 atom stereocenters. The number of H-pyrrole nitrogens is 1. The Morgan fingerprint density at radius 2 is 2.05 bits per heavy atom. The topological polar surface area (TPSA) is 67.0 Å². The molecule has 1 amide bonds. The summed E-state index contributed by atoms with van der Waals surface area (Å²) in [6.45, 7) is 4.88. The lowest BCUT2D eigenvalue weighted by molar-refractivity contribution is -0.121. The molecule has 20 heavy (non-hydrogen) atoms. The van der Waals surface area contributed by atoms with E-state index in [0.29, 0.717) is 19.6 Å². The van der Waals surface area contributed by atoms with Gasteiger partial charge in [0.15, 0.2) is 0 Å². The predicted octanol–water partition coefficient (Wildman–Crippen LogP) is 2.11. The Labute approximate surface area is 118 Å². The van der Waals surface area contributed by atoms with Crippen molar-refractivity contribution in [1.82, 2.24) is 15.3 Å². The molecule has 0 unspecified atom stereocenters. The number of nitrogens with zero attached hydrogens (tertiary/aromatic N) is 1. The first kappa shape index (κ1) is 14.1. The number of ether oxygens (including phenoxy) is 1. The molecule has 0 radical (unpaired) electrons. The second-order valence-electron chi connectivity index (χ2n) is 4.78. The quantitative estimate of drug-likeness (QED) is 0.847. The fourth-order valence-electron chi connectivity index (χ4n) is 1.94. The summed E-state index contributed by atoms with van der Waals surface area (Å²) in [5.74, 6) is 0.771. The number of rotatable bonds is 6. The number of hydrogen-bond acceptors (Lipinski definition) is 3. The van der Waals surface area contributed by atoms with Crippen molar-refractivity contribution in [3.8, 4) is 5.75 Å². The third-order valence-corrected chi connectivity index (χ3v) is 2.82. The molecule has 0 saturated carbocycles. The van der Waals surface area contributed by atoms with Gasteiger partial charge in [0.25, 0.3) is 0 Å². The maximum atomic E-state index is 11.6. The van der Waals surface area contributed by atoms with Crippen molar-refractivity contribution in [3.63, 3.8) is 0 Å². The van der Waals surface area contributed by atoms with Crippen LogP contribution < -0.4 is 10.1 Å². The Kier molecular flexibility index (Phi) is 4.76. The van der Waals surface area contributed by atoms with Gasteiger partial charge in [0.05, 0.1) is 31.6 Å². The number of aryl methyl sites for hydroxylation is 2. The van der Waals surface area contributed by atoms with Crippen LogP contribution in [0.4, 0.5) is 0 Å². The molecule has 0 spiro atoms. The van der Waals surface area contributed by atoms with Crippen LogP contribution in [0.3, 0.4) is 0 Å². The highest BCUT2D eigenvalue weighted by atomic mass is 16.5. The Hall–Kier alpha value is -2.30. The van der Waals surface area contributed by atoms with E-state index in [1.54, 1.807) is 12.5 Å². The minimum atomic E-state index is -0.0380. The maximum Gasteiger partial charge on any atom is 0.223 e. The molecule has 1 aromatic heterocycles. The van der Waals surface area contributed by atoms with Crippen LogP contribution in [0.25, 0.3) is 0 Å². The predicted molar refractivity (Wildman–Crippen MR) is 76.5 cm³/mol. The van der Waals surface area contributed by atoms with Crippen molar-refractivity contribution in [1.29, 1.82) is 0 Å². The number of carbonyl (C=O) groups is 1. The van der Waals surface area contributed by atoms with Crippen molar-refractivity contribution in [2.75, 3.05) is 6.61 Å². The molecule has 2 aromatic rings. The molecule has 5 heteroatoms. The van der Waals surface area contributed by atoms with E-state index in [0.717, 1.165) is 22.6 Å². The van der Waals surface area contributed by atoms with Gasteiger partial charge in [-0.25, -0.2) is 4.98 Å². The Morgan fingerprint density at radius 3 is 2.70 bits per heavy atom. The van der Waals surface area contributed by atoms with Gasteiger partial charge in [0, 0.05) is 6.20 Å². The minimum absolute atomic E-state index is 0.0380. The molecular weight excluding hydrogens is 254 g/mol. The second-order valence-corrected chi connectivity index (χ2v) is 4.78. The monoisotopic (exact) mass is 273 g/mol. The van der Waals surface area contributed by atoms with Crippen LogP contribution >= 0.6 is 0 Å². The lowest BCUT2D eigenvalue weighted by Crippen LogP contribution is -2.24. The number of carbonyl (C=O) groups excluding carboxylic acids is 1. The molecular formula is C15H19N3O2. The van der Waals surface area contributed by atoms with E-state index in [1.807, 2.05) is 26.0 Å². The van der Waals surface area contributed by atoms with Gasteiger partial charge in [-0.05, 0) is 37.1 Å². The first-order valence-electron chi connectivity index (χ1n) is 6.58. The summed E-state index contributed by atoms with van der Waals surface area (Å²) >= 11 is 0. The summed E-state index contributed by atoms with van der Waals surface area (Å²) in [4.78, 5) is 18.5. The van der Waals surface area contributed by atoms with Gasteiger partial charge in [-0.1, -0.05) is 6.07 Å². The highest BCUT2D eigenvalue weighted by Crippen LogP contribution is 2.16. The summed E-state index contributed by atoms with van der Waals surface area (Å²) in [6.07, 6.45) is 3.61. The van der Waals surface area contributed by atoms with Gasteiger partial charge < -0.3 is 15.0 Å². The molecule has 0 fully saturated rings. The standard InChI is InChI=1S/C15H19N3O2/c1-11-5-12(2)7-14(6-11)20-4-3-15(19)17-9-13-8-16-10-18-13/h5-8,10H,3-4,9H2,1-2H3,(H,16,18)(H,17,19). The molecule has 1 aromatic carbocycles. The zero-order valence-corrected chi connectivity index (χ0v) is 11.8. The van der Waals surface area contributed by atoms with Crippen LogP contribution in [0.5, 0.6) is 5.75 Å². The van der Waals surface area contributed by atoms with Gasteiger partial charge in [0.2, 0.25) is 5.91 Å². The maximum absolute atomic E-state index is 11.6. The number of benzene rings is 1. The molecule has 5 nitrogen and oxygen atoms in total. The number of aromatic amines is 1. The minimum Gasteiger partial charge on any atom is -0.493 e. The van der Waals surface area contributed by atoms with Crippen molar-refractivity contribution in [2.45, 2.75) is 26.8 Å². The van der Waals surface area contributed by atoms with E-state index in [9.17, 15) is 4.79 Å². The zero-order valence-electron chi connectivity index (χ0n) is 11.8. The molecule has 1 heterocycles. The first-order valence-corrected chi connectivity index (χ1v) is 6.58. The van der Waals surface area contributed by atoms with E-state index < -0.39 is 0 Å². The van der Waals surface area contributed by atoms with Crippen LogP contribution in [-0.4, -0.2) is 22.5 Å². The first-order chi connectivity index (χ1) is 9.63. The van der Waals surface area contributed by atoms with Crippen molar-refractivity contribution in [3.05, 3.63) is 47.5 Å². The third-order valence-electron chi connectivity index (χ3n) is 2.82. The normalized spacial score (nSPS) is 10.3. The third kappa shape index (κ3) is 4.42. The van der Waals surface area contributed by atoms with Crippen LogP contribution in [0, 0.1) is 13.8 Å². The number of amides is 1. The number of aromatic nitrogens is 2. The van der Waals surface area contributed by atoms with Gasteiger partial charge in [-0.15, -0.1) is 0 Å². The van der Waals surface area contributed by atoms with Crippen LogP contribution in [-0.2, 0) is 11.3 Å². The van der Waals surface area contributed by atoms with Crippen LogP contribution in [0.15, 0.2) is 30.7 Å². The Bertz CT molecular complexity index is 544. The molecule has 106 valence electrons. The fraction of sp³-hybridized carbons (Fsp3) is 0.333. The summed E-state index contributed by atoms with van der Waals surface area (Å²) in [6, 6.07) is 6.02. The number of hydrogen-bond donors (Lipinski definition) is 2. The van der Waals surface area contributed by atoms with Crippen molar-refractivity contribution in [2.24, 2.45) is 0 Å². The van der Waals surface area contributed by atoms with E-state index in [2.05, 4.69) is 21.4 Å². The van der Waals surface area contributed by atoms with Gasteiger partial charge in [0.1, 0.15) is 5.75 Å². The van der Waals surface area contributed by atoms with Gasteiger partial charge >= 0.3 is 0 Å². The lowest BCUT2D eigenvalue weighted by Gasteiger charge is -2.08. The summed E-state index contributed by atoms with van der Waals surface area (Å²) in [7, 11) is 0. The largest absolute Gasteiger partial charge is 0.493 e. The zero-order chi connectivity index (χ0) is 14.4. The molecule has 0 aliphatic rings. The average molecular weight is 273 g/mol. The van der Waals surface area contributed by atoms with Crippen LogP contribution in [0.1, 0.15) is 23.2 Å². The Balaban J connectivity index is 1.71. The average Bonchev–Trinajstić information content (AvgIpc) is 2.88. The molecule has 0 aliphatic heterocycles. The summed E-state index contributed by atoms with van der Waals surface area (Å²) in [5, 5.41) is 2.80. The number of imidazole rings is 1. The van der Waals surface area contributed by atoms with Crippen LogP contribution in [0.2, 0.25) is 0 Å². The SMILES string of the molecule is Cc1cc(C)cc(OCCC(=O)NCc2cnc[nH]2)c1. The molecule has 0 bridgehead atoms. The highest BCUT2D eigenvalue weighted by Gasteiger charge is 2.03. The lowest BCUT2D eigenvalue weighted by atomic mass is 10.1. The van der Waals surface area contributed by atoms with Crippen molar-refractivity contribution >= 4 is 5.91 Å². The Morgan fingerprint density at radius 1 is 1.30 bits per heavy atom. The van der Waals surface area contributed by atoms with Gasteiger partial charge in [-0.2, -0.15) is 0 Å². The van der Waals surface area contributed by atoms with E-state index in [1.165, 1.54) is 0 Å². The highest BCUT2D eigenvalue weighted by molar-refractivity contribution is 5.75. The number of nitrogens with one attached hydrogen (secondary N) is 2. The van der Waals surface area contributed by atoms with E-state index >= 15 is 0 Å². The fourth-order valence-corrected chi connectivity index (χ4v) is 1.94. The molecule has 2 rings (SSSR count). The second kappa shape index (κ2) is 6.75. The van der Waals surface area contributed by atoms with E-state index in [-0.39, 0.29) is 5.91 Å². The summed E-state index contributed by atoms with van der Waals surface area (Å²) in [5.41, 5.74) is 3.20. The molecule has 0 saturated heterocycles. The van der Waals surface area contributed by atoms with Gasteiger partial charge in [-0.3, -0.25) is 4.79 Å². The summed E-state index contributed by atoms with van der Waals surface area (Å²) < 4.78 is 5.59. The molecule has 2 N–H and O–H groups in total. The molecule has 0 aliphatic carbocycles. The van der Waals surface area contributed by atoms with Crippen molar-refractivity contribution < 1.29 is 9.53 Å². The van der Waals surface area contributed by atoms with E-state index in [4.69, 9.17) is 4.74 Å².